The maximum atomic E-state index is 6.05. The molecule has 3 N–H and O–H groups in total. The summed E-state index contributed by atoms with van der Waals surface area (Å²) >= 11 is 1.59. The zero-order valence-electron chi connectivity index (χ0n) is 11.2. The van der Waals surface area contributed by atoms with Crippen LogP contribution >= 0.6 is 11.8 Å². The van der Waals surface area contributed by atoms with Crippen molar-refractivity contribution in [1.82, 2.24) is 25.1 Å². The first-order valence-electron chi connectivity index (χ1n) is 6.75. The number of benzene rings is 1. The van der Waals surface area contributed by atoms with Crippen LogP contribution in [0.3, 0.4) is 0 Å². The molecule has 1 saturated heterocycles. The van der Waals surface area contributed by atoms with Gasteiger partial charge in [0.05, 0.1) is 11.4 Å². The van der Waals surface area contributed by atoms with Gasteiger partial charge in [0.15, 0.2) is 5.65 Å². The molecule has 1 fully saturated rings. The lowest BCUT2D eigenvalue weighted by Crippen LogP contribution is -2.43. The van der Waals surface area contributed by atoms with Crippen molar-refractivity contribution < 1.29 is 0 Å². The summed E-state index contributed by atoms with van der Waals surface area (Å²) in [5.74, 6) is 0.483. The van der Waals surface area contributed by atoms with Gasteiger partial charge < -0.3 is 11.1 Å². The van der Waals surface area contributed by atoms with Crippen LogP contribution in [-0.2, 0) is 0 Å². The zero-order valence-corrected chi connectivity index (χ0v) is 12.0. The number of nitrogens with one attached hydrogen (secondary N) is 1. The van der Waals surface area contributed by atoms with E-state index < -0.39 is 0 Å². The van der Waals surface area contributed by atoms with Crippen molar-refractivity contribution in [2.45, 2.75) is 16.0 Å². The Bertz CT molecular complexity index is 781. The summed E-state index contributed by atoms with van der Waals surface area (Å²) in [6.07, 6.45) is 1.50. The van der Waals surface area contributed by atoms with E-state index in [9.17, 15) is 0 Å². The van der Waals surface area contributed by atoms with E-state index in [1.807, 2.05) is 22.9 Å². The SMILES string of the molecule is Nc1ncnc2c1c(Sc1ccccc1)nn2C1CNC1. The average Bonchev–Trinajstić information content (AvgIpc) is 2.78. The van der Waals surface area contributed by atoms with Crippen molar-refractivity contribution >= 4 is 28.6 Å². The first kappa shape index (κ1) is 12.6. The summed E-state index contributed by atoms with van der Waals surface area (Å²) in [5.41, 5.74) is 6.86. The summed E-state index contributed by atoms with van der Waals surface area (Å²) in [6.45, 7) is 1.83. The van der Waals surface area contributed by atoms with Gasteiger partial charge in [-0.05, 0) is 12.1 Å². The van der Waals surface area contributed by atoms with E-state index in [-0.39, 0.29) is 0 Å². The quantitative estimate of drug-likeness (QED) is 0.766. The third-order valence-electron chi connectivity index (χ3n) is 3.55. The Kier molecular flexibility index (Phi) is 3.01. The molecule has 0 spiro atoms. The predicted octanol–water partition coefficient (Wildman–Crippen LogP) is 1.70. The number of hydrogen-bond donors (Lipinski definition) is 2. The Morgan fingerprint density at radius 1 is 1.19 bits per heavy atom. The molecule has 0 aliphatic carbocycles. The van der Waals surface area contributed by atoms with Crippen molar-refractivity contribution in [1.29, 1.82) is 0 Å². The van der Waals surface area contributed by atoms with Gasteiger partial charge in [0.25, 0.3) is 0 Å². The Morgan fingerprint density at radius 2 is 2.00 bits per heavy atom. The number of anilines is 1. The number of nitrogens with two attached hydrogens (primary N) is 1. The highest BCUT2D eigenvalue weighted by atomic mass is 32.2. The van der Waals surface area contributed by atoms with Crippen molar-refractivity contribution in [2.24, 2.45) is 0 Å². The lowest BCUT2D eigenvalue weighted by atomic mass is 10.2. The topological polar surface area (TPSA) is 81.7 Å². The van der Waals surface area contributed by atoms with Crippen LogP contribution in [0.5, 0.6) is 0 Å². The second kappa shape index (κ2) is 5.01. The smallest absolute Gasteiger partial charge is 0.164 e. The summed E-state index contributed by atoms with van der Waals surface area (Å²) in [6, 6.07) is 10.5. The molecule has 7 heteroatoms. The molecule has 1 aliphatic rings. The molecule has 1 aromatic carbocycles. The summed E-state index contributed by atoms with van der Waals surface area (Å²) in [7, 11) is 0. The van der Waals surface area contributed by atoms with Gasteiger partial charge in [-0.1, -0.05) is 30.0 Å². The highest BCUT2D eigenvalue weighted by molar-refractivity contribution is 7.99. The minimum absolute atomic E-state index is 0.340. The predicted molar refractivity (Wildman–Crippen MR) is 82.2 cm³/mol. The molecule has 3 aromatic rings. The van der Waals surface area contributed by atoms with Crippen LogP contribution in [0.2, 0.25) is 0 Å². The van der Waals surface area contributed by atoms with E-state index in [2.05, 4.69) is 27.4 Å². The summed E-state index contributed by atoms with van der Waals surface area (Å²) < 4.78 is 1.97. The molecule has 3 heterocycles. The van der Waals surface area contributed by atoms with Gasteiger partial charge in [-0.3, -0.25) is 0 Å². The fourth-order valence-electron chi connectivity index (χ4n) is 2.34. The fourth-order valence-corrected chi connectivity index (χ4v) is 3.28. The first-order chi connectivity index (χ1) is 10.3. The Hall–Kier alpha value is -2.12. The van der Waals surface area contributed by atoms with Gasteiger partial charge in [0, 0.05) is 18.0 Å². The largest absolute Gasteiger partial charge is 0.383 e. The fraction of sp³-hybridized carbons (Fsp3) is 0.214. The van der Waals surface area contributed by atoms with E-state index in [0.717, 1.165) is 34.0 Å². The van der Waals surface area contributed by atoms with Gasteiger partial charge in [0.2, 0.25) is 0 Å². The molecule has 0 bridgehead atoms. The third kappa shape index (κ3) is 2.14. The summed E-state index contributed by atoms with van der Waals surface area (Å²) in [4.78, 5) is 9.61. The Morgan fingerprint density at radius 3 is 2.71 bits per heavy atom. The molecule has 0 unspecified atom stereocenters. The molecule has 6 nitrogen and oxygen atoms in total. The Labute approximate surface area is 125 Å². The molecule has 0 amide bonds. The minimum atomic E-state index is 0.340. The van der Waals surface area contributed by atoms with Crippen LogP contribution in [-0.4, -0.2) is 32.8 Å². The van der Waals surface area contributed by atoms with Crippen molar-refractivity contribution in [3.63, 3.8) is 0 Å². The van der Waals surface area contributed by atoms with E-state index in [1.54, 1.807) is 11.8 Å². The standard InChI is InChI=1S/C14H14N6S/c15-12-11-13(18-8-17-12)20(9-6-16-7-9)19-14(11)21-10-4-2-1-3-5-10/h1-5,8-9,16H,6-7H2,(H2,15,17,18). The van der Waals surface area contributed by atoms with Crippen LogP contribution in [0, 0.1) is 0 Å². The molecule has 0 atom stereocenters. The van der Waals surface area contributed by atoms with Crippen LogP contribution in [0.25, 0.3) is 11.0 Å². The minimum Gasteiger partial charge on any atom is -0.383 e. The van der Waals surface area contributed by atoms with Gasteiger partial charge in [-0.2, -0.15) is 5.10 Å². The normalized spacial score (nSPS) is 15.2. The molecular weight excluding hydrogens is 284 g/mol. The van der Waals surface area contributed by atoms with E-state index in [0.29, 0.717) is 11.9 Å². The molecule has 0 radical (unpaired) electrons. The molecule has 0 saturated carbocycles. The van der Waals surface area contributed by atoms with Crippen LogP contribution < -0.4 is 11.1 Å². The molecule has 2 aromatic heterocycles. The molecule has 4 rings (SSSR count). The molecular formula is C14H14N6S. The summed E-state index contributed by atoms with van der Waals surface area (Å²) in [5, 5.41) is 9.69. The molecule has 21 heavy (non-hydrogen) atoms. The van der Waals surface area contributed by atoms with Gasteiger partial charge in [-0.15, -0.1) is 0 Å². The Balaban J connectivity index is 1.84. The van der Waals surface area contributed by atoms with E-state index in [4.69, 9.17) is 10.8 Å². The number of rotatable bonds is 3. The average molecular weight is 298 g/mol. The third-order valence-corrected chi connectivity index (χ3v) is 4.54. The maximum Gasteiger partial charge on any atom is 0.164 e. The van der Waals surface area contributed by atoms with Crippen LogP contribution in [0.15, 0.2) is 46.6 Å². The van der Waals surface area contributed by atoms with E-state index in [1.165, 1.54) is 6.33 Å². The van der Waals surface area contributed by atoms with Crippen molar-refractivity contribution in [3.05, 3.63) is 36.7 Å². The van der Waals surface area contributed by atoms with Gasteiger partial charge in [0.1, 0.15) is 17.2 Å². The first-order valence-corrected chi connectivity index (χ1v) is 7.57. The highest BCUT2D eigenvalue weighted by Crippen LogP contribution is 2.35. The zero-order chi connectivity index (χ0) is 14.2. The lowest BCUT2D eigenvalue weighted by molar-refractivity contribution is 0.321. The van der Waals surface area contributed by atoms with Crippen LogP contribution in [0.1, 0.15) is 6.04 Å². The number of nitrogen functional groups attached to an aromatic ring is 1. The monoisotopic (exact) mass is 298 g/mol. The van der Waals surface area contributed by atoms with Crippen molar-refractivity contribution in [2.75, 3.05) is 18.8 Å². The number of fused-ring (bicyclic) bond motifs is 1. The number of nitrogens with zero attached hydrogens (tertiary/aromatic N) is 4. The molecule has 106 valence electrons. The molecule has 1 aliphatic heterocycles. The van der Waals surface area contributed by atoms with Gasteiger partial charge >= 0.3 is 0 Å². The maximum absolute atomic E-state index is 6.05. The van der Waals surface area contributed by atoms with Crippen LogP contribution in [0.4, 0.5) is 5.82 Å². The van der Waals surface area contributed by atoms with E-state index >= 15 is 0 Å². The highest BCUT2D eigenvalue weighted by Gasteiger charge is 2.25. The number of aromatic nitrogens is 4. The lowest BCUT2D eigenvalue weighted by Gasteiger charge is -2.27. The second-order valence-electron chi connectivity index (χ2n) is 4.93. The number of hydrogen-bond acceptors (Lipinski definition) is 6. The van der Waals surface area contributed by atoms with Crippen molar-refractivity contribution in [3.8, 4) is 0 Å². The second-order valence-corrected chi connectivity index (χ2v) is 6.00. The van der Waals surface area contributed by atoms with Gasteiger partial charge in [-0.25, -0.2) is 14.6 Å².